The molecule has 0 spiro atoms. The van der Waals surface area contributed by atoms with Gasteiger partial charge in [0.1, 0.15) is 5.69 Å². The molecule has 5 nitrogen and oxygen atoms in total. The molecule has 1 fully saturated rings. The number of carboxylic acid groups (broad SMARTS) is 1. The summed E-state index contributed by atoms with van der Waals surface area (Å²) in [7, 11) is 0. The molecular formula is C14H17FN2O3. The third-order valence-electron chi connectivity index (χ3n) is 3.70. The molecule has 0 radical (unpaired) electrons. The molecular weight excluding hydrogens is 263 g/mol. The van der Waals surface area contributed by atoms with Crippen LogP contribution in [0, 0.1) is 17.8 Å². The minimum absolute atomic E-state index is 0.00712. The highest BCUT2D eigenvalue weighted by molar-refractivity contribution is 5.92. The van der Waals surface area contributed by atoms with Gasteiger partial charge in [0.15, 0.2) is 0 Å². The Morgan fingerprint density at radius 2 is 2.10 bits per heavy atom. The Labute approximate surface area is 116 Å². The van der Waals surface area contributed by atoms with E-state index in [0.29, 0.717) is 6.42 Å². The number of carbonyl (C=O) groups is 2. The Balaban J connectivity index is 1.93. The number of pyridine rings is 1. The Hall–Kier alpha value is -1.98. The van der Waals surface area contributed by atoms with Crippen molar-refractivity contribution in [2.45, 2.75) is 25.7 Å². The first-order chi connectivity index (χ1) is 9.58. The molecule has 0 saturated heterocycles. The molecule has 2 atom stereocenters. The Bertz CT molecular complexity index is 507. The van der Waals surface area contributed by atoms with Gasteiger partial charge in [-0.2, -0.15) is 4.39 Å². The second kappa shape index (κ2) is 6.45. The number of aliphatic carboxylic acids is 1. The van der Waals surface area contributed by atoms with Crippen molar-refractivity contribution >= 4 is 11.9 Å². The van der Waals surface area contributed by atoms with Gasteiger partial charge in [0.25, 0.3) is 5.91 Å². The minimum Gasteiger partial charge on any atom is -0.481 e. The summed E-state index contributed by atoms with van der Waals surface area (Å²) in [5, 5.41) is 11.8. The second-order valence-corrected chi connectivity index (χ2v) is 5.04. The quantitative estimate of drug-likeness (QED) is 0.825. The number of aromatic nitrogens is 1. The van der Waals surface area contributed by atoms with Crippen LogP contribution in [0.25, 0.3) is 0 Å². The van der Waals surface area contributed by atoms with E-state index in [0.717, 1.165) is 19.3 Å². The van der Waals surface area contributed by atoms with Gasteiger partial charge in [-0.15, -0.1) is 0 Å². The van der Waals surface area contributed by atoms with Crippen molar-refractivity contribution in [2.24, 2.45) is 11.8 Å². The molecule has 108 valence electrons. The third-order valence-corrected chi connectivity index (χ3v) is 3.70. The summed E-state index contributed by atoms with van der Waals surface area (Å²) < 4.78 is 12.9. The van der Waals surface area contributed by atoms with Gasteiger partial charge in [0.2, 0.25) is 5.95 Å². The van der Waals surface area contributed by atoms with Crippen LogP contribution in [0.2, 0.25) is 0 Å². The number of carboxylic acids is 1. The minimum atomic E-state index is -0.812. The van der Waals surface area contributed by atoms with Gasteiger partial charge >= 0.3 is 5.97 Å². The molecule has 1 aromatic heterocycles. The molecule has 6 heteroatoms. The lowest BCUT2D eigenvalue weighted by molar-refractivity contribution is -0.144. The average Bonchev–Trinajstić information content (AvgIpc) is 2.45. The lowest BCUT2D eigenvalue weighted by Crippen LogP contribution is -2.37. The van der Waals surface area contributed by atoms with E-state index in [-0.39, 0.29) is 18.2 Å². The molecule has 0 aromatic carbocycles. The molecule has 1 heterocycles. The number of nitrogens with one attached hydrogen (secondary N) is 1. The number of amides is 1. The first-order valence-electron chi connectivity index (χ1n) is 6.71. The summed E-state index contributed by atoms with van der Waals surface area (Å²) in [4.78, 5) is 26.5. The smallest absolute Gasteiger partial charge is 0.306 e. The van der Waals surface area contributed by atoms with E-state index in [1.807, 2.05) is 0 Å². The first kappa shape index (κ1) is 14.4. The fraction of sp³-hybridized carbons (Fsp3) is 0.500. The average molecular weight is 280 g/mol. The van der Waals surface area contributed by atoms with Gasteiger partial charge in [-0.05, 0) is 30.9 Å². The maximum atomic E-state index is 12.9. The van der Waals surface area contributed by atoms with Gasteiger partial charge in [0, 0.05) is 6.54 Å². The maximum Gasteiger partial charge on any atom is 0.306 e. The standard InChI is InChI=1S/C14H17FN2O3/c15-12-7-3-6-11(17-12)13(18)16-8-9-4-1-2-5-10(9)14(19)20/h3,6-7,9-10H,1-2,4-5,8H2,(H,16,18)(H,19,20). The van der Waals surface area contributed by atoms with Gasteiger partial charge in [-0.3, -0.25) is 9.59 Å². The molecule has 1 saturated carbocycles. The second-order valence-electron chi connectivity index (χ2n) is 5.04. The van der Waals surface area contributed by atoms with E-state index in [2.05, 4.69) is 10.3 Å². The largest absolute Gasteiger partial charge is 0.481 e. The van der Waals surface area contributed by atoms with Crippen LogP contribution in [-0.4, -0.2) is 28.5 Å². The van der Waals surface area contributed by atoms with Gasteiger partial charge < -0.3 is 10.4 Å². The van der Waals surface area contributed by atoms with Crippen LogP contribution < -0.4 is 5.32 Å². The van der Waals surface area contributed by atoms with Gasteiger partial charge in [-0.1, -0.05) is 18.9 Å². The van der Waals surface area contributed by atoms with E-state index in [9.17, 15) is 14.0 Å². The highest BCUT2D eigenvalue weighted by Gasteiger charge is 2.30. The lowest BCUT2D eigenvalue weighted by Gasteiger charge is -2.28. The molecule has 1 aliphatic carbocycles. The highest BCUT2D eigenvalue weighted by atomic mass is 19.1. The Morgan fingerprint density at radius 1 is 1.35 bits per heavy atom. The predicted octanol–water partition coefficient (Wildman–Crippen LogP) is 1.84. The number of hydrogen-bond donors (Lipinski definition) is 2. The predicted molar refractivity (Wildman–Crippen MR) is 69.6 cm³/mol. The SMILES string of the molecule is O=C(NCC1CCCCC1C(=O)O)c1cccc(F)n1. The van der Waals surface area contributed by atoms with Gasteiger partial charge in [0.05, 0.1) is 5.92 Å². The summed E-state index contributed by atoms with van der Waals surface area (Å²) in [5.41, 5.74) is 0.00712. The zero-order chi connectivity index (χ0) is 14.5. The van der Waals surface area contributed by atoms with E-state index < -0.39 is 23.7 Å². The molecule has 1 amide bonds. The monoisotopic (exact) mass is 280 g/mol. The summed E-state index contributed by atoms with van der Waals surface area (Å²) >= 11 is 0. The molecule has 2 unspecified atom stereocenters. The summed E-state index contributed by atoms with van der Waals surface area (Å²) in [6.45, 7) is 0.286. The fourth-order valence-electron chi connectivity index (χ4n) is 2.63. The van der Waals surface area contributed by atoms with Crippen molar-refractivity contribution < 1.29 is 19.1 Å². The summed E-state index contributed by atoms with van der Waals surface area (Å²) in [6.07, 6.45) is 3.32. The normalized spacial score (nSPS) is 22.2. The van der Waals surface area contributed by atoms with E-state index in [1.54, 1.807) is 0 Å². The van der Waals surface area contributed by atoms with Crippen molar-refractivity contribution in [3.63, 3.8) is 0 Å². The van der Waals surface area contributed by atoms with Crippen LogP contribution in [-0.2, 0) is 4.79 Å². The van der Waals surface area contributed by atoms with Crippen molar-refractivity contribution in [3.05, 3.63) is 29.8 Å². The zero-order valence-corrected chi connectivity index (χ0v) is 11.0. The number of nitrogens with zero attached hydrogens (tertiary/aromatic N) is 1. The molecule has 20 heavy (non-hydrogen) atoms. The molecule has 2 N–H and O–H groups in total. The Kier molecular flexibility index (Phi) is 4.65. The van der Waals surface area contributed by atoms with Crippen LogP contribution in [0.1, 0.15) is 36.2 Å². The third kappa shape index (κ3) is 3.53. The summed E-state index contributed by atoms with van der Waals surface area (Å²) in [5.74, 6) is -2.48. The van der Waals surface area contributed by atoms with E-state index >= 15 is 0 Å². The van der Waals surface area contributed by atoms with Crippen LogP contribution in [0.5, 0.6) is 0 Å². The topological polar surface area (TPSA) is 79.3 Å². The first-order valence-corrected chi connectivity index (χ1v) is 6.71. The number of halogens is 1. The van der Waals surface area contributed by atoms with Crippen LogP contribution in [0.4, 0.5) is 4.39 Å². The molecule has 2 rings (SSSR count). The fourth-order valence-corrected chi connectivity index (χ4v) is 2.63. The van der Waals surface area contributed by atoms with Gasteiger partial charge in [-0.25, -0.2) is 4.98 Å². The highest BCUT2D eigenvalue weighted by Crippen LogP contribution is 2.29. The lowest BCUT2D eigenvalue weighted by atomic mass is 9.79. The number of hydrogen-bond acceptors (Lipinski definition) is 3. The molecule has 1 aliphatic rings. The molecule has 0 aliphatic heterocycles. The Morgan fingerprint density at radius 3 is 2.80 bits per heavy atom. The maximum absolute atomic E-state index is 12.9. The summed E-state index contributed by atoms with van der Waals surface area (Å²) in [6, 6.07) is 4.00. The number of carbonyl (C=O) groups excluding carboxylic acids is 1. The van der Waals surface area contributed by atoms with E-state index in [4.69, 9.17) is 5.11 Å². The van der Waals surface area contributed by atoms with Crippen molar-refractivity contribution in [3.8, 4) is 0 Å². The molecule has 0 bridgehead atoms. The number of rotatable bonds is 4. The zero-order valence-electron chi connectivity index (χ0n) is 11.0. The molecule has 1 aromatic rings. The van der Waals surface area contributed by atoms with Crippen molar-refractivity contribution in [1.82, 2.24) is 10.3 Å². The van der Waals surface area contributed by atoms with Crippen LogP contribution >= 0.6 is 0 Å². The van der Waals surface area contributed by atoms with Crippen LogP contribution in [0.3, 0.4) is 0 Å². The van der Waals surface area contributed by atoms with E-state index in [1.165, 1.54) is 18.2 Å². The van der Waals surface area contributed by atoms with Crippen molar-refractivity contribution in [2.75, 3.05) is 6.54 Å². The van der Waals surface area contributed by atoms with Crippen LogP contribution in [0.15, 0.2) is 18.2 Å². The van der Waals surface area contributed by atoms with Crippen molar-refractivity contribution in [1.29, 1.82) is 0 Å².